The Morgan fingerprint density at radius 1 is 0.885 bits per heavy atom. The Morgan fingerprint density at radius 2 is 1.62 bits per heavy atom. The molecule has 0 aliphatic carbocycles. The van der Waals surface area contributed by atoms with E-state index in [0.29, 0.717) is 17.5 Å². The van der Waals surface area contributed by atoms with E-state index in [0.717, 1.165) is 17.2 Å². The minimum atomic E-state index is 0.110. The fourth-order valence-electron chi connectivity index (χ4n) is 2.21. The van der Waals surface area contributed by atoms with E-state index in [1.54, 1.807) is 26.4 Å². The Balaban J connectivity index is 1.70. The maximum absolute atomic E-state index is 5.78. The van der Waals surface area contributed by atoms with E-state index in [2.05, 4.69) is 20.3 Å². The standard InChI is InChI=1S/C18H19N5O3/c1-24-13-6-8-14(9-7-13)26-11-16-21-17(19)23-18(22-16)20-12-4-3-5-15(10-12)25-2/h3-10H,11H2,1-2H3,(H3,19,20,21,22,23). The number of ether oxygens (including phenoxy) is 3. The molecule has 3 rings (SSSR count). The molecule has 0 aliphatic rings. The first kappa shape index (κ1) is 17.3. The van der Waals surface area contributed by atoms with Gasteiger partial charge >= 0.3 is 0 Å². The molecule has 3 N–H and O–H groups in total. The van der Waals surface area contributed by atoms with Crippen LogP contribution in [0.4, 0.5) is 17.6 Å². The molecular formula is C18H19N5O3. The number of aromatic nitrogens is 3. The van der Waals surface area contributed by atoms with E-state index in [9.17, 15) is 0 Å². The molecule has 3 aromatic rings. The molecule has 26 heavy (non-hydrogen) atoms. The van der Waals surface area contributed by atoms with Crippen LogP contribution < -0.4 is 25.3 Å². The second-order valence-electron chi connectivity index (χ2n) is 5.25. The average Bonchev–Trinajstić information content (AvgIpc) is 2.66. The molecule has 0 aliphatic heterocycles. The molecule has 0 radical (unpaired) electrons. The summed E-state index contributed by atoms with van der Waals surface area (Å²) in [6.45, 7) is 0.159. The van der Waals surface area contributed by atoms with Crippen LogP contribution in [-0.2, 0) is 6.61 Å². The number of nitrogens with zero attached hydrogens (tertiary/aromatic N) is 3. The predicted octanol–water partition coefficient (Wildman–Crippen LogP) is 2.79. The fraction of sp³-hybridized carbons (Fsp3) is 0.167. The van der Waals surface area contributed by atoms with Gasteiger partial charge < -0.3 is 25.3 Å². The number of nitrogens with two attached hydrogens (primary N) is 1. The summed E-state index contributed by atoms with van der Waals surface area (Å²) in [5.74, 6) is 3.01. The Bertz CT molecular complexity index is 871. The molecule has 1 aromatic heterocycles. The molecule has 2 aromatic carbocycles. The topological polar surface area (TPSA) is 104 Å². The zero-order chi connectivity index (χ0) is 18.4. The molecule has 0 saturated carbocycles. The van der Waals surface area contributed by atoms with Crippen molar-refractivity contribution in [3.05, 3.63) is 54.4 Å². The van der Waals surface area contributed by atoms with Gasteiger partial charge in [-0.3, -0.25) is 0 Å². The first-order chi connectivity index (χ1) is 12.7. The molecule has 134 valence electrons. The van der Waals surface area contributed by atoms with Crippen LogP contribution in [0.1, 0.15) is 5.82 Å². The molecule has 0 spiro atoms. The Kier molecular flexibility index (Phi) is 5.33. The average molecular weight is 353 g/mol. The van der Waals surface area contributed by atoms with Crippen molar-refractivity contribution in [3.63, 3.8) is 0 Å². The van der Waals surface area contributed by atoms with Gasteiger partial charge in [-0.15, -0.1) is 0 Å². The predicted molar refractivity (Wildman–Crippen MR) is 97.8 cm³/mol. The van der Waals surface area contributed by atoms with Crippen molar-refractivity contribution >= 4 is 17.6 Å². The Hall–Kier alpha value is -3.55. The van der Waals surface area contributed by atoms with E-state index in [4.69, 9.17) is 19.9 Å². The summed E-state index contributed by atoms with van der Waals surface area (Å²) in [7, 11) is 3.22. The second-order valence-corrected chi connectivity index (χ2v) is 5.25. The highest BCUT2D eigenvalue weighted by molar-refractivity contribution is 5.56. The molecule has 8 heteroatoms. The lowest BCUT2D eigenvalue weighted by atomic mass is 10.3. The molecule has 0 atom stereocenters. The highest BCUT2D eigenvalue weighted by atomic mass is 16.5. The van der Waals surface area contributed by atoms with Crippen molar-refractivity contribution in [2.24, 2.45) is 0 Å². The van der Waals surface area contributed by atoms with Crippen LogP contribution in [0.5, 0.6) is 17.2 Å². The normalized spacial score (nSPS) is 10.2. The zero-order valence-electron chi connectivity index (χ0n) is 14.5. The van der Waals surface area contributed by atoms with Crippen molar-refractivity contribution in [2.75, 3.05) is 25.3 Å². The summed E-state index contributed by atoms with van der Waals surface area (Å²) in [5, 5.41) is 3.08. The van der Waals surface area contributed by atoms with Crippen molar-refractivity contribution in [1.29, 1.82) is 0 Å². The minimum absolute atomic E-state index is 0.110. The van der Waals surface area contributed by atoms with Crippen LogP contribution in [0, 0.1) is 0 Å². The quantitative estimate of drug-likeness (QED) is 0.668. The van der Waals surface area contributed by atoms with Gasteiger partial charge in [0.05, 0.1) is 14.2 Å². The minimum Gasteiger partial charge on any atom is -0.497 e. The molecule has 0 saturated heterocycles. The van der Waals surface area contributed by atoms with Gasteiger partial charge in [0.25, 0.3) is 0 Å². The lowest BCUT2D eigenvalue weighted by Gasteiger charge is -2.09. The molecule has 1 heterocycles. The first-order valence-electron chi connectivity index (χ1n) is 7.84. The van der Waals surface area contributed by atoms with E-state index in [1.165, 1.54) is 0 Å². The van der Waals surface area contributed by atoms with E-state index < -0.39 is 0 Å². The van der Waals surface area contributed by atoms with Gasteiger partial charge in [-0.05, 0) is 36.4 Å². The summed E-state index contributed by atoms with van der Waals surface area (Å²) in [5.41, 5.74) is 6.55. The zero-order valence-corrected chi connectivity index (χ0v) is 14.5. The van der Waals surface area contributed by atoms with Crippen LogP contribution in [-0.4, -0.2) is 29.2 Å². The number of methoxy groups -OCH3 is 2. The number of benzene rings is 2. The molecule has 0 amide bonds. The lowest BCUT2D eigenvalue weighted by molar-refractivity contribution is 0.295. The largest absolute Gasteiger partial charge is 0.497 e. The summed E-state index contributed by atoms with van der Waals surface area (Å²) in [6, 6.07) is 14.6. The fourth-order valence-corrected chi connectivity index (χ4v) is 2.21. The third kappa shape index (κ3) is 4.50. The van der Waals surface area contributed by atoms with Gasteiger partial charge in [0, 0.05) is 11.8 Å². The van der Waals surface area contributed by atoms with Gasteiger partial charge in [-0.1, -0.05) is 6.07 Å². The number of hydrogen-bond acceptors (Lipinski definition) is 8. The van der Waals surface area contributed by atoms with Gasteiger partial charge in [0.2, 0.25) is 11.9 Å². The maximum atomic E-state index is 5.78. The summed E-state index contributed by atoms with van der Waals surface area (Å²) in [6.07, 6.45) is 0. The highest BCUT2D eigenvalue weighted by Gasteiger charge is 2.07. The third-order valence-electron chi connectivity index (χ3n) is 3.45. The molecule has 8 nitrogen and oxygen atoms in total. The number of nitrogens with one attached hydrogen (secondary N) is 1. The van der Waals surface area contributed by atoms with E-state index in [1.807, 2.05) is 36.4 Å². The van der Waals surface area contributed by atoms with Crippen molar-refractivity contribution in [1.82, 2.24) is 15.0 Å². The van der Waals surface area contributed by atoms with Gasteiger partial charge in [-0.2, -0.15) is 15.0 Å². The van der Waals surface area contributed by atoms with Crippen LogP contribution >= 0.6 is 0 Å². The first-order valence-corrected chi connectivity index (χ1v) is 7.84. The maximum Gasteiger partial charge on any atom is 0.232 e. The summed E-state index contributed by atoms with van der Waals surface area (Å²) in [4.78, 5) is 12.5. The van der Waals surface area contributed by atoms with Crippen LogP contribution in [0.3, 0.4) is 0 Å². The van der Waals surface area contributed by atoms with E-state index in [-0.39, 0.29) is 12.6 Å². The van der Waals surface area contributed by atoms with Gasteiger partial charge in [-0.25, -0.2) is 0 Å². The number of anilines is 3. The lowest BCUT2D eigenvalue weighted by Crippen LogP contribution is -2.09. The van der Waals surface area contributed by atoms with Crippen molar-refractivity contribution < 1.29 is 14.2 Å². The van der Waals surface area contributed by atoms with Crippen molar-refractivity contribution in [3.8, 4) is 17.2 Å². The van der Waals surface area contributed by atoms with Gasteiger partial charge in [0.1, 0.15) is 23.9 Å². The van der Waals surface area contributed by atoms with Crippen LogP contribution in [0.25, 0.3) is 0 Å². The molecule has 0 unspecified atom stereocenters. The Labute approximate surface area is 151 Å². The van der Waals surface area contributed by atoms with E-state index >= 15 is 0 Å². The highest BCUT2D eigenvalue weighted by Crippen LogP contribution is 2.20. The smallest absolute Gasteiger partial charge is 0.232 e. The summed E-state index contributed by atoms with van der Waals surface area (Å²) < 4.78 is 16.0. The second kappa shape index (κ2) is 8.02. The van der Waals surface area contributed by atoms with Crippen LogP contribution in [0.2, 0.25) is 0 Å². The molecular weight excluding hydrogens is 334 g/mol. The van der Waals surface area contributed by atoms with Gasteiger partial charge in [0.15, 0.2) is 5.82 Å². The summed E-state index contributed by atoms with van der Waals surface area (Å²) >= 11 is 0. The molecule has 0 bridgehead atoms. The third-order valence-corrected chi connectivity index (χ3v) is 3.45. The Morgan fingerprint density at radius 3 is 2.35 bits per heavy atom. The number of nitrogen functional groups attached to an aromatic ring is 1. The number of rotatable bonds is 7. The number of hydrogen-bond donors (Lipinski definition) is 2. The SMILES string of the molecule is COc1ccc(OCc2nc(N)nc(Nc3cccc(OC)c3)n2)cc1. The monoisotopic (exact) mass is 353 g/mol. The van der Waals surface area contributed by atoms with Crippen molar-refractivity contribution in [2.45, 2.75) is 6.61 Å². The van der Waals surface area contributed by atoms with Crippen LogP contribution in [0.15, 0.2) is 48.5 Å². The molecule has 0 fully saturated rings.